The SMILES string of the molecule is COc1ccc(CCNC(=O)Nc2ccc(O)cc2C)cc1OC. The van der Waals surface area contributed by atoms with E-state index in [-0.39, 0.29) is 11.8 Å². The van der Waals surface area contributed by atoms with Crippen molar-refractivity contribution in [3.05, 3.63) is 47.5 Å². The number of phenols is 1. The lowest BCUT2D eigenvalue weighted by molar-refractivity contribution is 0.252. The van der Waals surface area contributed by atoms with E-state index in [4.69, 9.17) is 9.47 Å². The number of phenolic OH excluding ortho intramolecular Hbond substituents is 1. The molecule has 2 amide bonds. The molecule has 0 unspecified atom stereocenters. The number of aromatic hydroxyl groups is 1. The molecule has 0 aliphatic rings. The molecule has 2 aromatic rings. The van der Waals surface area contributed by atoms with Gasteiger partial charge >= 0.3 is 6.03 Å². The fourth-order valence-corrected chi connectivity index (χ4v) is 2.31. The molecule has 0 radical (unpaired) electrons. The van der Waals surface area contributed by atoms with Crippen molar-refractivity contribution in [1.29, 1.82) is 0 Å². The zero-order valence-electron chi connectivity index (χ0n) is 14.1. The minimum atomic E-state index is -0.288. The van der Waals surface area contributed by atoms with E-state index in [0.717, 1.165) is 11.1 Å². The molecule has 2 aromatic carbocycles. The van der Waals surface area contributed by atoms with Crippen LogP contribution in [-0.2, 0) is 6.42 Å². The third-order valence-electron chi connectivity index (χ3n) is 3.61. The number of amides is 2. The van der Waals surface area contributed by atoms with Crippen LogP contribution in [0.2, 0.25) is 0 Å². The zero-order valence-corrected chi connectivity index (χ0v) is 14.1. The van der Waals surface area contributed by atoms with E-state index in [1.165, 1.54) is 6.07 Å². The Morgan fingerprint density at radius 2 is 1.83 bits per heavy atom. The van der Waals surface area contributed by atoms with Gasteiger partial charge in [-0.15, -0.1) is 0 Å². The standard InChI is InChI=1S/C18H22N2O4/c1-12-10-14(21)5-6-15(12)20-18(22)19-9-8-13-4-7-16(23-2)17(11-13)24-3/h4-7,10-11,21H,8-9H2,1-3H3,(H2,19,20,22). The number of carbonyl (C=O) groups excluding carboxylic acids is 1. The molecular weight excluding hydrogens is 308 g/mol. The first kappa shape index (κ1) is 17.5. The number of ether oxygens (including phenoxy) is 2. The van der Waals surface area contributed by atoms with Crippen molar-refractivity contribution < 1.29 is 19.4 Å². The van der Waals surface area contributed by atoms with E-state index in [9.17, 15) is 9.90 Å². The second-order valence-corrected chi connectivity index (χ2v) is 5.32. The highest BCUT2D eigenvalue weighted by Gasteiger charge is 2.07. The third-order valence-corrected chi connectivity index (χ3v) is 3.61. The van der Waals surface area contributed by atoms with E-state index in [1.54, 1.807) is 26.4 Å². The van der Waals surface area contributed by atoms with Gasteiger partial charge in [-0.05, 0) is 54.8 Å². The van der Waals surface area contributed by atoms with E-state index < -0.39 is 0 Å². The molecule has 24 heavy (non-hydrogen) atoms. The first-order valence-corrected chi connectivity index (χ1v) is 7.59. The quantitative estimate of drug-likeness (QED) is 0.711. The van der Waals surface area contributed by atoms with Crippen LogP contribution in [0.1, 0.15) is 11.1 Å². The van der Waals surface area contributed by atoms with Crippen molar-refractivity contribution >= 4 is 11.7 Å². The number of benzene rings is 2. The maximum Gasteiger partial charge on any atom is 0.319 e. The lowest BCUT2D eigenvalue weighted by Crippen LogP contribution is -2.30. The van der Waals surface area contributed by atoms with Crippen LogP contribution in [0.4, 0.5) is 10.5 Å². The topological polar surface area (TPSA) is 79.8 Å². The minimum Gasteiger partial charge on any atom is -0.508 e. The maximum absolute atomic E-state index is 11.9. The molecule has 0 aliphatic carbocycles. The van der Waals surface area contributed by atoms with Gasteiger partial charge < -0.3 is 25.2 Å². The number of aryl methyl sites for hydroxylation is 1. The summed E-state index contributed by atoms with van der Waals surface area (Å²) in [6.07, 6.45) is 0.669. The normalized spacial score (nSPS) is 10.1. The summed E-state index contributed by atoms with van der Waals surface area (Å²) in [7, 11) is 3.18. The molecule has 0 spiro atoms. The summed E-state index contributed by atoms with van der Waals surface area (Å²) in [4.78, 5) is 11.9. The lowest BCUT2D eigenvalue weighted by Gasteiger charge is -2.11. The molecule has 0 bridgehead atoms. The van der Waals surface area contributed by atoms with Crippen LogP contribution < -0.4 is 20.1 Å². The van der Waals surface area contributed by atoms with Gasteiger partial charge in [0.25, 0.3) is 0 Å². The number of methoxy groups -OCH3 is 2. The summed E-state index contributed by atoms with van der Waals surface area (Å²) in [5.41, 5.74) is 2.50. The van der Waals surface area contributed by atoms with Crippen LogP contribution in [0.5, 0.6) is 17.2 Å². The molecule has 6 heteroatoms. The minimum absolute atomic E-state index is 0.173. The summed E-state index contributed by atoms with van der Waals surface area (Å²) in [5.74, 6) is 1.51. The fourth-order valence-electron chi connectivity index (χ4n) is 2.31. The van der Waals surface area contributed by atoms with E-state index in [0.29, 0.717) is 30.2 Å². The van der Waals surface area contributed by atoms with E-state index in [2.05, 4.69) is 10.6 Å². The molecule has 3 N–H and O–H groups in total. The van der Waals surface area contributed by atoms with Gasteiger partial charge in [-0.3, -0.25) is 0 Å². The zero-order chi connectivity index (χ0) is 17.5. The number of anilines is 1. The maximum atomic E-state index is 11.9. The predicted octanol–water partition coefficient (Wildman–Crippen LogP) is 3.08. The van der Waals surface area contributed by atoms with Gasteiger partial charge in [-0.2, -0.15) is 0 Å². The largest absolute Gasteiger partial charge is 0.508 e. The molecule has 0 heterocycles. The van der Waals surface area contributed by atoms with Crippen LogP contribution in [0.15, 0.2) is 36.4 Å². The molecule has 128 valence electrons. The van der Waals surface area contributed by atoms with Crippen LogP contribution in [0.25, 0.3) is 0 Å². The number of rotatable bonds is 6. The van der Waals surface area contributed by atoms with Crippen molar-refractivity contribution in [2.45, 2.75) is 13.3 Å². The average Bonchev–Trinajstić information content (AvgIpc) is 2.57. The van der Waals surface area contributed by atoms with E-state index in [1.807, 2.05) is 25.1 Å². The van der Waals surface area contributed by atoms with Crippen molar-refractivity contribution in [2.24, 2.45) is 0 Å². The summed E-state index contributed by atoms with van der Waals surface area (Å²) in [5, 5.41) is 14.9. The molecule has 2 rings (SSSR count). The Labute approximate surface area is 141 Å². The number of nitrogens with one attached hydrogen (secondary N) is 2. The van der Waals surface area contributed by atoms with Gasteiger partial charge in [0.05, 0.1) is 14.2 Å². The second kappa shape index (κ2) is 8.10. The Bertz CT molecular complexity index is 716. The molecule has 0 aliphatic heterocycles. The molecule has 6 nitrogen and oxygen atoms in total. The van der Waals surface area contributed by atoms with Crippen LogP contribution in [-0.4, -0.2) is 31.9 Å². The molecule has 0 fully saturated rings. The van der Waals surface area contributed by atoms with Gasteiger partial charge in [-0.1, -0.05) is 6.07 Å². The van der Waals surface area contributed by atoms with Crippen molar-refractivity contribution in [1.82, 2.24) is 5.32 Å². The lowest BCUT2D eigenvalue weighted by atomic mass is 10.1. The number of hydrogen-bond acceptors (Lipinski definition) is 4. The number of hydrogen-bond donors (Lipinski definition) is 3. The van der Waals surface area contributed by atoms with Gasteiger partial charge in [0, 0.05) is 12.2 Å². The Balaban J connectivity index is 1.86. The van der Waals surface area contributed by atoms with Crippen LogP contribution >= 0.6 is 0 Å². The Hall–Kier alpha value is -2.89. The Kier molecular flexibility index (Phi) is 5.89. The number of carbonyl (C=O) groups is 1. The highest BCUT2D eigenvalue weighted by Crippen LogP contribution is 2.27. The van der Waals surface area contributed by atoms with Gasteiger partial charge in [-0.25, -0.2) is 4.79 Å². The second-order valence-electron chi connectivity index (χ2n) is 5.32. The monoisotopic (exact) mass is 330 g/mol. The summed E-state index contributed by atoms with van der Waals surface area (Å²) in [6, 6.07) is 10.2. The molecule has 0 atom stereocenters. The Morgan fingerprint density at radius 3 is 2.50 bits per heavy atom. The summed E-state index contributed by atoms with van der Waals surface area (Å²) < 4.78 is 10.5. The first-order valence-electron chi connectivity index (χ1n) is 7.59. The van der Waals surface area contributed by atoms with Crippen molar-refractivity contribution in [3.8, 4) is 17.2 Å². The highest BCUT2D eigenvalue weighted by atomic mass is 16.5. The van der Waals surface area contributed by atoms with Gasteiger partial charge in [0.2, 0.25) is 0 Å². The smallest absolute Gasteiger partial charge is 0.319 e. The molecule has 0 saturated heterocycles. The van der Waals surface area contributed by atoms with Gasteiger partial charge in [0.15, 0.2) is 11.5 Å². The molecular formula is C18H22N2O4. The average molecular weight is 330 g/mol. The highest BCUT2D eigenvalue weighted by molar-refractivity contribution is 5.90. The van der Waals surface area contributed by atoms with Crippen LogP contribution in [0.3, 0.4) is 0 Å². The summed E-state index contributed by atoms with van der Waals surface area (Å²) in [6.45, 7) is 2.30. The van der Waals surface area contributed by atoms with E-state index >= 15 is 0 Å². The first-order chi connectivity index (χ1) is 11.5. The number of urea groups is 1. The van der Waals surface area contributed by atoms with Gasteiger partial charge in [0.1, 0.15) is 5.75 Å². The molecule has 0 saturated carbocycles. The van der Waals surface area contributed by atoms with Crippen LogP contribution in [0, 0.1) is 6.92 Å². The predicted molar refractivity (Wildman–Crippen MR) is 93.1 cm³/mol. The van der Waals surface area contributed by atoms with Crippen molar-refractivity contribution in [2.75, 3.05) is 26.1 Å². The fraction of sp³-hybridized carbons (Fsp3) is 0.278. The Morgan fingerprint density at radius 1 is 1.08 bits per heavy atom. The molecule has 0 aromatic heterocycles. The third kappa shape index (κ3) is 4.55. The van der Waals surface area contributed by atoms with Crippen molar-refractivity contribution in [3.63, 3.8) is 0 Å². The summed E-state index contributed by atoms with van der Waals surface area (Å²) >= 11 is 0.